The van der Waals surface area contributed by atoms with Gasteiger partial charge in [-0.2, -0.15) is 0 Å². The van der Waals surface area contributed by atoms with Crippen LogP contribution in [0.4, 0.5) is 0 Å². The monoisotopic (exact) mass is 496 g/mol. The van der Waals surface area contributed by atoms with E-state index >= 15 is 0 Å². The van der Waals surface area contributed by atoms with Crippen molar-refractivity contribution >= 4 is 52.1 Å². The maximum absolute atomic E-state index is 12.7. The minimum absolute atomic E-state index is 0.113. The molecule has 0 bridgehead atoms. The highest BCUT2D eigenvalue weighted by Gasteiger charge is 2.17. The third-order valence-electron chi connectivity index (χ3n) is 4.84. The number of amides is 1. The molecule has 0 atom stereocenters. The molecule has 2 aromatic carbocycles. The van der Waals surface area contributed by atoms with Crippen LogP contribution in [0.15, 0.2) is 55.1 Å². The highest BCUT2D eigenvalue weighted by atomic mass is 35.5. The zero-order chi connectivity index (χ0) is 23.5. The summed E-state index contributed by atoms with van der Waals surface area (Å²) in [6, 6.07) is 7.99. The molecule has 0 radical (unpaired) electrons. The number of aromatic nitrogens is 3. The fourth-order valence-corrected chi connectivity index (χ4v) is 4.15. The van der Waals surface area contributed by atoms with Gasteiger partial charge in [-0.1, -0.05) is 46.8 Å². The highest BCUT2D eigenvalue weighted by molar-refractivity contribution is 6.42. The lowest BCUT2D eigenvalue weighted by molar-refractivity contribution is 0.0904. The van der Waals surface area contributed by atoms with Crippen molar-refractivity contribution < 1.29 is 9.59 Å². The third-order valence-corrected chi connectivity index (χ3v) is 5.65. The summed E-state index contributed by atoms with van der Waals surface area (Å²) in [6.07, 6.45) is 6.74. The Hall–Kier alpha value is -3.37. The Bertz CT molecular complexity index is 1440. The lowest BCUT2D eigenvalue weighted by atomic mass is 10.0. The van der Waals surface area contributed by atoms with Gasteiger partial charge in [-0.25, -0.2) is 4.98 Å². The molecule has 4 rings (SSSR count). The zero-order valence-electron chi connectivity index (χ0n) is 17.2. The molecule has 2 heterocycles. The Balaban J connectivity index is 1.51. The Labute approximate surface area is 204 Å². The molecule has 0 unspecified atom stereocenters. The van der Waals surface area contributed by atoms with Crippen LogP contribution in [0.1, 0.15) is 37.5 Å². The molecule has 0 saturated carbocycles. The number of aryl methyl sites for hydroxylation is 1. The molecule has 4 aromatic rings. The van der Waals surface area contributed by atoms with Crippen LogP contribution >= 0.6 is 34.8 Å². The first-order valence-electron chi connectivity index (χ1n) is 9.69. The molecule has 9 heteroatoms. The summed E-state index contributed by atoms with van der Waals surface area (Å²) >= 11 is 18.1. The Kier molecular flexibility index (Phi) is 6.66. The van der Waals surface area contributed by atoms with Gasteiger partial charge in [-0.15, -0.1) is 0 Å². The van der Waals surface area contributed by atoms with E-state index in [1.54, 1.807) is 43.0 Å². The van der Waals surface area contributed by atoms with E-state index < -0.39 is 11.7 Å². The number of hydrogen-bond donors (Lipinski definition) is 1. The summed E-state index contributed by atoms with van der Waals surface area (Å²) in [7, 11) is 0. The largest absolute Gasteiger partial charge is 0.345 e. The van der Waals surface area contributed by atoms with E-state index in [1.165, 1.54) is 12.1 Å². The Morgan fingerprint density at radius 1 is 1.06 bits per heavy atom. The predicted molar refractivity (Wildman–Crippen MR) is 128 cm³/mol. The van der Waals surface area contributed by atoms with Gasteiger partial charge in [0, 0.05) is 28.5 Å². The van der Waals surface area contributed by atoms with E-state index in [9.17, 15) is 9.59 Å². The molecule has 0 aliphatic heterocycles. The number of rotatable bonds is 4. The van der Waals surface area contributed by atoms with Gasteiger partial charge in [-0.05, 0) is 42.7 Å². The van der Waals surface area contributed by atoms with Crippen LogP contribution in [0.2, 0.25) is 15.1 Å². The van der Waals surface area contributed by atoms with Gasteiger partial charge in [0.25, 0.3) is 5.91 Å². The summed E-state index contributed by atoms with van der Waals surface area (Å²) in [5.41, 5.74) is 3.46. The molecule has 0 saturated heterocycles. The number of halogens is 3. The minimum Gasteiger partial charge on any atom is -0.345 e. The summed E-state index contributed by atoms with van der Waals surface area (Å²) in [6.45, 7) is 1.63. The van der Waals surface area contributed by atoms with Gasteiger partial charge in [-0.3, -0.25) is 19.0 Å². The molecule has 1 N–H and O–H groups in total. The fourth-order valence-electron chi connectivity index (χ4n) is 3.12. The smallest absolute Gasteiger partial charge is 0.251 e. The molecule has 0 aliphatic rings. The van der Waals surface area contributed by atoms with Crippen LogP contribution in [-0.4, -0.2) is 32.6 Å². The van der Waals surface area contributed by atoms with E-state index in [-0.39, 0.29) is 22.2 Å². The number of ketones is 1. The number of benzene rings is 2. The van der Waals surface area contributed by atoms with Gasteiger partial charge < -0.3 is 5.32 Å². The molecule has 164 valence electrons. The second-order valence-corrected chi connectivity index (χ2v) is 8.33. The summed E-state index contributed by atoms with van der Waals surface area (Å²) in [5.74, 6) is 5.32. The Morgan fingerprint density at radius 3 is 2.58 bits per heavy atom. The average molecular weight is 498 g/mol. The van der Waals surface area contributed by atoms with Crippen LogP contribution in [0, 0.1) is 18.8 Å². The van der Waals surface area contributed by atoms with Crippen molar-refractivity contribution in [3.05, 3.63) is 98.1 Å². The van der Waals surface area contributed by atoms with E-state index in [0.717, 1.165) is 5.56 Å². The van der Waals surface area contributed by atoms with Crippen molar-refractivity contribution in [1.82, 2.24) is 19.7 Å². The van der Waals surface area contributed by atoms with Crippen molar-refractivity contribution in [3.8, 4) is 11.8 Å². The fraction of sp³-hybridized carbons (Fsp3) is 0.0833. The second-order valence-electron chi connectivity index (χ2n) is 7.08. The summed E-state index contributed by atoms with van der Waals surface area (Å²) < 4.78 is 1.82. The molecule has 2 aromatic heterocycles. The van der Waals surface area contributed by atoms with E-state index in [1.807, 2.05) is 11.3 Å². The number of carbonyl (C=O) groups excluding carboxylic acids is 2. The molecule has 33 heavy (non-hydrogen) atoms. The third kappa shape index (κ3) is 5.01. The standard InChI is InChI=1S/C24H15Cl3N4O2/c1-14-2-3-16(8-15(14)4-5-18-11-29-22-13-28-6-7-31(18)22)24(33)30-12-21(32)23-19(26)9-17(25)10-20(23)27/h2-3,6-11,13H,12H2,1H3,(H,30,33). The molecule has 6 nitrogen and oxygen atoms in total. The van der Waals surface area contributed by atoms with Gasteiger partial charge in [0.15, 0.2) is 11.4 Å². The highest BCUT2D eigenvalue weighted by Crippen LogP contribution is 2.29. The van der Waals surface area contributed by atoms with Gasteiger partial charge in [0.05, 0.1) is 34.5 Å². The van der Waals surface area contributed by atoms with E-state index in [0.29, 0.717) is 27.5 Å². The molecular weight excluding hydrogens is 483 g/mol. The van der Waals surface area contributed by atoms with Crippen molar-refractivity contribution in [3.63, 3.8) is 0 Å². The first kappa shape index (κ1) is 22.8. The van der Waals surface area contributed by atoms with Crippen LogP contribution in [-0.2, 0) is 0 Å². The summed E-state index contributed by atoms with van der Waals surface area (Å²) in [4.78, 5) is 33.5. The van der Waals surface area contributed by atoms with Crippen molar-refractivity contribution in [2.24, 2.45) is 0 Å². The molecule has 0 fully saturated rings. The molecule has 0 spiro atoms. The predicted octanol–water partition coefficient (Wildman–Crippen LogP) is 5.01. The molecule has 0 aliphatic carbocycles. The number of carbonyl (C=O) groups is 2. The average Bonchev–Trinajstić information content (AvgIpc) is 3.19. The topological polar surface area (TPSA) is 76.4 Å². The number of fused-ring (bicyclic) bond motifs is 1. The van der Waals surface area contributed by atoms with Gasteiger partial charge in [0.2, 0.25) is 0 Å². The number of hydrogen-bond acceptors (Lipinski definition) is 4. The quantitative estimate of drug-likeness (QED) is 0.318. The molecule has 1 amide bonds. The van der Waals surface area contributed by atoms with Crippen LogP contribution in [0.3, 0.4) is 0 Å². The zero-order valence-corrected chi connectivity index (χ0v) is 19.5. The first-order valence-corrected chi connectivity index (χ1v) is 10.8. The maximum Gasteiger partial charge on any atom is 0.251 e. The van der Waals surface area contributed by atoms with Crippen molar-refractivity contribution in [1.29, 1.82) is 0 Å². The van der Waals surface area contributed by atoms with E-state index in [4.69, 9.17) is 34.8 Å². The maximum atomic E-state index is 12.7. The van der Waals surface area contributed by atoms with Gasteiger partial charge in [0.1, 0.15) is 5.69 Å². The molecular formula is C24H15Cl3N4O2. The van der Waals surface area contributed by atoms with E-state index in [2.05, 4.69) is 27.1 Å². The van der Waals surface area contributed by atoms with Crippen LogP contribution in [0.5, 0.6) is 0 Å². The minimum atomic E-state index is -0.427. The second kappa shape index (κ2) is 9.63. The number of nitrogens with zero attached hydrogens (tertiary/aromatic N) is 3. The number of nitrogens with one attached hydrogen (secondary N) is 1. The first-order chi connectivity index (χ1) is 15.8. The van der Waals surface area contributed by atoms with Crippen LogP contribution < -0.4 is 5.32 Å². The summed E-state index contributed by atoms with van der Waals surface area (Å²) in [5, 5.41) is 3.17. The lowest BCUT2D eigenvalue weighted by Gasteiger charge is -2.09. The van der Waals surface area contributed by atoms with Crippen LogP contribution in [0.25, 0.3) is 5.65 Å². The number of Topliss-reactive ketones (excluding diaryl/α,β-unsaturated/α-hetero) is 1. The van der Waals surface area contributed by atoms with Crippen molar-refractivity contribution in [2.75, 3.05) is 6.54 Å². The van der Waals surface area contributed by atoms with Crippen molar-refractivity contribution in [2.45, 2.75) is 6.92 Å². The number of imidazole rings is 1. The lowest BCUT2D eigenvalue weighted by Crippen LogP contribution is -2.30. The van der Waals surface area contributed by atoms with Gasteiger partial charge >= 0.3 is 0 Å². The SMILES string of the molecule is Cc1ccc(C(=O)NCC(=O)c2c(Cl)cc(Cl)cc2Cl)cc1C#Cc1cnc2cnccn12. The Morgan fingerprint density at radius 2 is 1.82 bits per heavy atom. The normalized spacial score (nSPS) is 10.5.